The van der Waals surface area contributed by atoms with Gasteiger partial charge in [0.25, 0.3) is 0 Å². The normalized spacial score (nSPS) is 10.3. The van der Waals surface area contributed by atoms with Crippen molar-refractivity contribution in [1.29, 1.82) is 0 Å². The van der Waals surface area contributed by atoms with Crippen LogP contribution in [-0.2, 0) is 0 Å². The van der Waals surface area contributed by atoms with Gasteiger partial charge in [0.05, 0.1) is 10.0 Å². The van der Waals surface area contributed by atoms with Crippen LogP contribution in [0.3, 0.4) is 0 Å². The number of hydroxylamine groups is 1. The molecule has 1 amide bonds. The van der Waals surface area contributed by atoms with Crippen LogP contribution in [0.1, 0.15) is 10.6 Å². The van der Waals surface area contributed by atoms with Crippen LogP contribution in [0.25, 0.3) is 11.3 Å². The Labute approximate surface area is 107 Å². The van der Waals surface area contributed by atoms with Crippen molar-refractivity contribution < 1.29 is 14.4 Å². The highest BCUT2D eigenvalue weighted by Gasteiger charge is 2.14. The van der Waals surface area contributed by atoms with E-state index >= 15 is 0 Å². The monoisotopic (exact) mass is 271 g/mol. The van der Waals surface area contributed by atoms with E-state index < -0.39 is 5.91 Å². The van der Waals surface area contributed by atoms with Gasteiger partial charge in [0, 0.05) is 5.56 Å². The summed E-state index contributed by atoms with van der Waals surface area (Å²) in [5, 5.41) is 9.20. The standard InChI is InChI=1S/C11H7Cl2NO3/c12-7-3-1-2-6(10(7)13)8-4-5-9(17-8)11(15)14-16/h1-5,16H,(H,14,15). The van der Waals surface area contributed by atoms with Crippen LogP contribution in [0.15, 0.2) is 34.7 Å². The molecule has 0 saturated heterocycles. The van der Waals surface area contributed by atoms with Gasteiger partial charge < -0.3 is 4.42 Å². The minimum Gasteiger partial charge on any atom is -0.451 e. The predicted octanol–water partition coefficient (Wildman–Crippen LogP) is 3.37. The molecular weight excluding hydrogens is 265 g/mol. The lowest BCUT2D eigenvalue weighted by Crippen LogP contribution is -2.17. The third-order valence-electron chi connectivity index (χ3n) is 2.15. The van der Waals surface area contributed by atoms with E-state index in [0.717, 1.165) is 0 Å². The van der Waals surface area contributed by atoms with Crippen molar-refractivity contribution in [3.8, 4) is 11.3 Å². The molecule has 2 aromatic rings. The molecular formula is C11H7Cl2NO3. The van der Waals surface area contributed by atoms with Gasteiger partial charge in [0.2, 0.25) is 0 Å². The number of hydrogen-bond donors (Lipinski definition) is 2. The van der Waals surface area contributed by atoms with Crippen molar-refractivity contribution in [2.75, 3.05) is 0 Å². The highest BCUT2D eigenvalue weighted by Crippen LogP contribution is 2.34. The quantitative estimate of drug-likeness (QED) is 0.650. The molecule has 2 rings (SSSR count). The molecule has 0 aliphatic heterocycles. The van der Waals surface area contributed by atoms with Gasteiger partial charge in [0.1, 0.15) is 5.76 Å². The van der Waals surface area contributed by atoms with Crippen LogP contribution in [-0.4, -0.2) is 11.1 Å². The number of hydrogen-bond acceptors (Lipinski definition) is 3. The number of carbonyl (C=O) groups excluding carboxylic acids is 1. The van der Waals surface area contributed by atoms with Gasteiger partial charge in [-0.25, -0.2) is 5.48 Å². The number of carbonyl (C=O) groups is 1. The molecule has 0 saturated carbocycles. The van der Waals surface area contributed by atoms with Gasteiger partial charge in [-0.2, -0.15) is 0 Å². The highest BCUT2D eigenvalue weighted by atomic mass is 35.5. The molecule has 0 aliphatic rings. The third-order valence-corrected chi connectivity index (χ3v) is 2.97. The maximum atomic E-state index is 11.1. The van der Waals surface area contributed by atoms with E-state index in [4.69, 9.17) is 32.8 Å². The summed E-state index contributed by atoms with van der Waals surface area (Å²) in [7, 11) is 0. The molecule has 17 heavy (non-hydrogen) atoms. The van der Waals surface area contributed by atoms with Gasteiger partial charge in [-0.15, -0.1) is 0 Å². The Hall–Kier alpha value is -1.49. The molecule has 6 heteroatoms. The molecule has 4 nitrogen and oxygen atoms in total. The Balaban J connectivity index is 2.44. The second kappa shape index (κ2) is 4.79. The number of rotatable bonds is 2. The van der Waals surface area contributed by atoms with Gasteiger partial charge >= 0.3 is 5.91 Å². The Bertz CT molecular complexity index is 566. The maximum Gasteiger partial charge on any atom is 0.310 e. The fourth-order valence-corrected chi connectivity index (χ4v) is 1.75. The van der Waals surface area contributed by atoms with Crippen LogP contribution in [0.4, 0.5) is 0 Å². The van der Waals surface area contributed by atoms with Crippen molar-refractivity contribution >= 4 is 29.1 Å². The van der Waals surface area contributed by atoms with Crippen LogP contribution in [0.5, 0.6) is 0 Å². The average Bonchev–Trinajstić information content (AvgIpc) is 2.81. The molecule has 1 aromatic heterocycles. The Kier molecular flexibility index (Phi) is 3.38. The first-order valence-electron chi connectivity index (χ1n) is 4.62. The summed E-state index contributed by atoms with van der Waals surface area (Å²) in [6, 6.07) is 8.09. The first-order valence-corrected chi connectivity index (χ1v) is 5.37. The summed E-state index contributed by atoms with van der Waals surface area (Å²) >= 11 is 11.9. The molecule has 0 unspecified atom stereocenters. The maximum absolute atomic E-state index is 11.1. The number of amides is 1. The SMILES string of the molecule is O=C(NO)c1ccc(-c2cccc(Cl)c2Cl)o1. The molecule has 1 aromatic carbocycles. The van der Waals surface area contributed by atoms with Crippen molar-refractivity contribution in [3.63, 3.8) is 0 Å². The molecule has 1 heterocycles. The van der Waals surface area contributed by atoms with Crippen LogP contribution in [0, 0.1) is 0 Å². The zero-order valence-corrected chi connectivity index (χ0v) is 9.92. The van der Waals surface area contributed by atoms with E-state index in [0.29, 0.717) is 21.4 Å². The van der Waals surface area contributed by atoms with Crippen LogP contribution >= 0.6 is 23.2 Å². The molecule has 2 N–H and O–H groups in total. The van der Waals surface area contributed by atoms with Gasteiger partial charge in [-0.1, -0.05) is 29.3 Å². The minimum atomic E-state index is -0.727. The zero-order chi connectivity index (χ0) is 12.4. The van der Waals surface area contributed by atoms with Crippen LogP contribution in [0.2, 0.25) is 10.0 Å². The molecule has 0 fully saturated rings. The second-order valence-corrected chi connectivity index (χ2v) is 3.99. The second-order valence-electron chi connectivity index (χ2n) is 3.21. The first kappa shape index (κ1) is 12.0. The summed E-state index contributed by atoms with van der Waals surface area (Å²) in [4.78, 5) is 11.1. The van der Waals surface area contributed by atoms with E-state index in [2.05, 4.69) is 0 Å². The molecule has 0 atom stereocenters. The third kappa shape index (κ3) is 2.29. The topological polar surface area (TPSA) is 62.5 Å². The zero-order valence-electron chi connectivity index (χ0n) is 8.41. The summed E-state index contributed by atoms with van der Waals surface area (Å²) in [6.45, 7) is 0. The van der Waals surface area contributed by atoms with E-state index in [1.54, 1.807) is 24.3 Å². The average molecular weight is 272 g/mol. The van der Waals surface area contributed by atoms with Gasteiger partial charge in [-0.3, -0.25) is 10.0 Å². The van der Waals surface area contributed by atoms with Gasteiger partial charge in [0.15, 0.2) is 5.76 Å². The Morgan fingerprint density at radius 3 is 2.71 bits per heavy atom. The van der Waals surface area contributed by atoms with Crippen molar-refractivity contribution in [3.05, 3.63) is 46.1 Å². The first-order chi connectivity index (χ1) is 8.13. The Morgan fingerprint density at radius 1 is 1.24 bits per heavy atom. The van der Waals surface area contributed by atoms with E-state index in [1.807, 2.05) is 0 Å². The molecule has 0 bridgehead atoms. The largest absolute Gasteiger partial charge is 0.451 e. The van der Waals surface area contributed by atoms with Crippen LogP contribution < -0.4 is 5.48 Å². The summed E-state index contributed by atoms with van der Waals surface area (Å²) < 4.78 is 5.24. The number of nitrogens with one attached hydrogen (secondary N) is 1. The highest BCUT2D eigenvalue weighted by molar-refractivity contribution is 6.43. The lowest BCUT2D eigenvalue weighted by Gasteiger charge is -2.02. The molecule has 0 aliphatic carbocycles. The number of furan rings is 1. The Morgan fingerprint density at radius 2 is 2.00 bits per heavy atom. The van der Waals surface area contributed by atoms with E-state index in [9.17, 15) is 4.79 Å². The number of halogens is 2. The molecule has 0 radical (unpaired) electrons. The summed E-state index contributed by atoms with van der Waals surface area (Å²) in [5.41, 5.74) is 2.06. The van der Waals surface area contributed by atoms with Crippen molar-refractivity contribution in [2.45, 2.75) is 0 Å². The predicted molar refractivity (Wildman–Crippen MR) is 63.4 cm³/mol. The minimum absolute atomic E-state index is 0.0152. The summed E-state index contributed by atoms with van der Waals surface area (Å²) in [6.07, 6.45) is 0. The van der Waals surface area contributed by atoms with Crippen molar-refractivity contribution in [1.82, 2.24) is 5.48 Å². The fourth-order valence-electron chi connectivity index (χ4n) is 1.35. The lowest BCUT2D eigenvalue weighted by molar-refractivity contribution is 0.0677. The fraction of sp³-hybridized carbons (Fsp3) is 0. The van der Waals surface area contributed by atoms with E-state index in [-0.39, 0.29) is 5.76 Å². The van der Waals surface area contributed by atoms with Crippen molar-refractivity contribution in [2.24, 2.45) is 0 Å². The lowest BCUT2D eigenvalue weighted by atomic mass is 10.2. The molecule has 0 spiro atoms. The smallest absolute Gasteiger partial charge is 0.310 e. The van der Waals surface area contributed by atoms with Gasteiger partial charge in [-0.05, 0) is 24.3 Å². The van der Waals surface area contributed by atoms with E-state index in [1.165, 1.54) is 11.5 Å². The number of benzene rings is 1. The molecule has 88 valence electrons. The summed E-state index contributed by atoms with van der Waals surface area (Å²) in [5.74, 6) is -0.343.